The Balaban J connectivity index is 4.23. The summed E-state index contributed by atoms with van der Waals surface area (Å²) in [5, 5.41) is 8.63. The first-order valence-electron chi connectivity index (χ1n) is 5.76. The number of carbonyl (C=O) groups excluding carboxylic acids is 1. The molecule has 94 valence electrons. The Kier molecular flexibility index (Phi) is 8.62. The molecule has 0 rings (SSSR count). The molecule has 0 aliphatic heterocycles. The van der Waals surface area contributed by atoms with Gasteiger partial charge in [0.25, 0.3) is 0 Å². The molecule has 0 atom stereocenters. The maximum Gasteiger partial charge on any atom is 0.373 e. The van der Waals surface area contributed by atoms with E-state index >= 15 is 0 Å². The van der Waals surface area contributed by atoms with Crippen molar-refractivity contribution in [3.63, 3.8) is 0 Å². The van der Waals surface area contributed by atoms with Gasteiger partial charge in [0.05, 0.1) is 12.7 Å². The zero-order valence-electron chi connectivity index (χ0n) is 10.4. The summed E-state index contributed by atoms with van der Waals surface area (Å²) in [7, 11) is 0. The first kappa shape index (κ1) is 15.0. The lowest BCUT2D eigenvalue weighted by atomic mass is 10.2. The highest BCUT2D eigenvalue weighted by Crippen LogP contribution is 2.08. The van der Waals surface area contributed by atoms with E-state index < -0.39 is 5.97 Å². The van der Waals surface area contributed by atoms with Crippen molar-refractivity contribution in [2.45, 2.75) is 46.1 Å². The van der Waals surface area contributed by atoms with E-state index in [9.17, 15) is 4.79 Å². The fraction of sp³-hybridized carbons (Fsp3) is 0.750. The fourth-order valence-electron chi connectivity index (χ4n) is 1.13. The van der Waals surface area contributed by atoms with E-state index in [0.717, 1.165) is 12.8 Å². The molecule has 0 unspecified atom stereocenters. The number of aliphatic hydroxyl groups excluding tert-OH is 1. The van der Waals surface area contributed by atoms with E-state index in [1.54, 1.807) is 13.0 Å². The molecule has 16 heavy (non-hydrogen) atoms. The average molecular weight is 230 g/mol. The number of rotatable bonds is 8. The molecular weight excluding hydrogens is 208 g/mol. The molecule has 0 aromatic heterocycles. The van der Waals surface area contributed by atoms with Crippen molar-refractivity contribution in [3.05, 3.63) is 11.8 Å². The fourth-order valence-corrected chi connectivity index (χ4v) is 1.13. The molecule has 0 spiro atoms. The molecule has 0 heterocycles. The van der Waals surface area contributed by atoms with Gasteiger partial charge in [0.1, 0.15) is 0 Å². The van der Waals surface area contributed by atoms with Gasteiger partial charge < -0.3 is 14.6 Å². The topological polar surface area (TPSA) is 55.8 Å². The van der Waals surface area contributed by atoms with Gasteiger partial charge in [-0.25, -0.2) is 4.79 Å². The Morgan fingerprint density at radius 2 is 2.06 bits per heavy atom. The first-order chi connectivity index (χ1) is 7.61. The predicted octanol–water partition coefficient (Wildman–Crippen LogP) is 2.02. The highest BCUT2D eigenvalue weighted by atomic mass is 16.6. The summed E-state index contributed by atoms with van der Waals surface area (Å²) in [6.45, 7) is 6.00. The van der Waals surface area contributed by atoms with E-state index in [2.05, 4.69) is 0 Å². The van der Waals surface area contributed by atoms with Crippen LogP contribution in [0.4, 0.5) is 0 Å². The Morgan fingerprint density at radius 1 is 1.38 bits per heavy atom. The van der Waals surface area contributed by atoms with Crippen molar-refractivity contribution in [2.75, 3.05) is 13.2 Å². The monoisotopic (exact) mass is 230 g/mol. The number of hydrogen-bond acceptors (Lipinski definition) is 4. The quantitative estimate of drug-likeness (QED) is 0.300. The molecule has 0 amide bonds. The highest BCUT2D eigenvalue weighted by Gasteiger charge is 2.12. The zero-order valence-corrected chi connectivity index (χ0v) is 10.4. The van der Waals surface area contributed by atoms with Crippen molar-refractivity contribution in [3.8, 4) is 0 Å². The number of hydrogen-bond donors (Lipinski definition) is 1. The van der Waals surface area contributed by atoms with Crippen LogP contribution < -0.4 is 0 Å². The van der Waals surface area contributed by atoms with Gasteiger partial charge in [-0.3, -0.25) is 0 Å². The number of ether oxygens (including phenoxy) is 2. The molecule has 0 bridgehead atoms. The van der Waals surface area contributed by atoms with Gasteiger partial charge in [0.2, 0.25) is 5.76 Å². The van der Waals surface area contributed by atoms with Gasteiger partial charge >= 0.3 is 5.97 Å². The third-order valence-electron chi connectivity index (χ3n) is 1.78. The van der Waals surface area contributed by atoms with Crippen LogP contribution >= 0.6 is 0 Å². The number of allylic oxidation sites excluding steroid dienone is 1. The van der Waals surface area contributed by atoms with Crippen LogP contribution in [0.15, 0.2) is 11.8 Å². The molecule has 0 fully saturated rings. The maximum atomic E-state index is 11.5. The molecule has 0 saturated heterocycles. The lowest BCUT2D eigenvalue weighted by molar-refractivity contribution is -0.143. The van der Waals surface area contributed by atoms with Gasteiger partial charge in [-0.15, -0.1) is 0 Å². The number of esters is 1. The smallest absolute Gasteiger partial charge is 0.373 e. The van der Waals surface area contributed by atoms with E-state index in [4.69, 9.17) is 14.6 Å². The molecular formula is C12H22O4. The van der Waals surface area contributed by atoms with Crippen LogP contribution in [0.2, 0.25) is 0 Å². The summed E-state index contributed by atoms with van der Waals surface area (Å²) in [5.41, 5.74) is 0. The standard InChI is InChI=1S/C12H22O4/c1-4-15-12(14)11(16-10(2)3)8-6-5-7-9-13/h8,10,13H,4-7,9H2,1-3H3/b11-8+. The van der Waals surface area contributed by atoms with Crippen LogP contribution in [-0.4, -0.2) is 30.4 Å². The molecule has 4 nitrogen and oxygen atoms in total. The van der Waals surface area contributed by atoms with Crippen LogP contribution in [0.5, 0.6) is 0 Å². The molecule has 0 saturated carbocycles. The van der Waals surface area contributed by atoms with E-state index in [-0.39, 0.29) is 18.5 Å². The minimum atomic E-state index is -0.416. The van der Waals surface area contributed by atoms with Crippen LogP contribution in [0, 0.1) is 0 Å². The van der Waals surface area contributed by atoms with E-state index in [1.807, 2.05) is 13.8 Å². The zero-order chi connectivity index (χ0) is 12.4. The van der Waals surface area contributed by atoms with Crippen LogP contribution in [0.1, 0.15) is 40.0 Å². The minimum Gasteiger partial charge on any atom is -0.484 e. The molecule has 0 aliphatic carbocycles. The number of carbonyl (C=O) groups is 1. The largest absolute Gasteiger partial charge is 0.484 e. The summed E-state index contributed by atoms with van der Waals surface area (Å²) in [6.07, 6.45) is 3.96. The lowest BCUT2D eigenvalue weighted by Crippen LogP contribution is -2.14. The summed E-state index contributed by atoms with van der Waals surface area (Å²) in [4.78, 5) is 11.5. The van der Waals surface area contributed by atoms with Crippen molar-refractivity contribution >= 4 is 5.97 Å². The Morgan fingerprint density at radius 3 is 2.56 bits per heavy atom. The second kappa shape index (κ2) is 9.21. The van der Waals surface area contributed by atoms with Gasteiger partial charge in [-0.05, 0) is 46.1 Å². The Hall–Kier alpha value is -1.03. The molecule has 0 aromatic rings. The average Bonchev–Trinajstić information content (AvgIpc) is 2.22. The van der Waals surface area contributed by atoms with Gasteiger partial charge in [-0.2, -0.15) is 0 Å². The summed E-state index contributed by atoms with van der Waals surface area (Å²) in [5.74, 6) is -0.144. The van der Waals surface area contributed by atoms with Crippen molar-refractivity contribution in [1.82, 2.24) is 0 Å². The Labute approximate surface area is 97.2 Å². The predicted molar refractivity (Wildman–Crippen MR) is 61.9 cm³/mol. The SMILES string of the molecule is CCOC(=O)/C(=C\CCCCO)OC(C)C. The van der Waals surface area contributed by atoms with Crippen molar-refractivity contribution in [2.24, 2.45) is 0 Å². The minimum absolute atomic E-state index is 0.0477. The van der Waals surface area contributed by atoms with Crippen molar-refractivity contribution in [1.29, 1.82) is 0 Å². The van der Waals surface area contributed by atoms with Gasteiger partial charge in [0.15, 0.2) is 0 Å². The second-order valence-corrected chi connectivity index (χ2v) is 3.67. The highest BCUT2D eigenvalue weighted by molar-refractivity contribution is 5.86. The molecule has 0 radical (unpaired) electrons. The third kappa shape index (κ3) is 7.29. The van der Waals surface area contributed by atoms with Crippen LogP contribution in [0.3, 0.4) is 0 Å². The van der Waals surface area contributed by atoms with Crippen molar-refractivity contribution < 1.29 is 19.4 Å². The number of aliphatic hydroxyl groups is 1. The summed E-state index contributed by atoms with van der Waals surface area (Å²) in [6, 6.07) is 0. The summed E-state index contributed by atoms with van der Waals surface area (Å²) >= 11 is 0. The first-order valence-corrected chi connectivity index (χ1v) is 5.76. The van der Waals surface area contributed by atoms with E-state index in [0.29, 0.717) is 13.0 Å². The molecule has 4 heteroatoms. The normalized spacial score (nSPS) is 11.7. The van der Waals surface area contributed by atoms with Gasteiger partial charge in [-0.1, -0.05) is 0 Å². The lowest BCUT2D eigenvalue weighted by Gasteiger charge is -2.12. The number of unbranched alkanes of at least 4 members (excludes halogenated alkanes) is 2. The summed E-state index contributed by atoms with van der Waals surface area (Å²) < 4.78 is 10.2. The van der Waals surface area contributed by atoms with Gasteiger partial charge in [0, 0.05) is 6.61 Å². The third-order valence-corrected chi connectivity index (χ3v) is 1.78. The van der Waals surface area contributed by atoms with Crippen LogP contribution in [-0.2, 0) is 14.3 Å². The maximum absolute atomic E-state index is 11.5. The second-order valence-electron chi connectivity index (χ2n) is 3.67. The molecule has 1 N–H and O–H groups in total. The van der Waals surface area contributed by atoms with E-state index in [1.165, 1.54) is 0 Å². The molecule has 0 aromatic carbocycles. The molecule has 0 aliphatic rings. The van der Waals surface area contributed by atoms with Crippen LogP contribution in [0.25, 0.3) is 0 Å². The Bertz CT molecular complexity index is 221.